The molecule has 0 aliphatic carbocycles. The highest BCUT2D eigenvalue weighted by atomic mass is 16.5. The lowest BCUT2D eigenvalue weighted by Gasteiger charge is -2.09. The van der Waals surface area contributed by atoms with E-state index in [4.69, 9.17) is 9.84 Å². The first kappa shape index (κ1) is 15.7. The molecule has 3 rings (SSSR count). The van der Waals surface area contributed by atoms with Crippen LogP contribution in [0, 0.1) is 20.8 Å². The van der Waals surface area contributed by atoms with E-state index < -0.39 is 5.97 Å². The van der Waals surface area contributed by atoms with Gasteiger partial charge in [0.25, 0.3) is 5.95 Å². The lowest BCUT2D eigenvalue weighted by Crippen LogP contribution is -2.07. The van der Waals surface area contributed by atoms with Crippen LogP contribution < -0.4 is 4.74 Å². The summed E-state index contributed by atoms with van der Waals surface area (Å²) in [5, 5.41) is 13.4. The number of rotatable bonds is 4. The minimum atomic E-state index is -1.01. The smallest absolute Gasteiger partial charge is 0.335 e. The first-order valence-corrected chi connectivity index (χ1v) is 7.33. The summed E-state index contributed by atoms with van der Waals surface area (Å²) in [7, 11) is 0. The number of aromatic nitrogens is 4. The molecule has 2 heterocycles. The number of hydrogen-bond donors (Lipinski definition) is 1. The number of carbonyl (C=O) groups is 1. The van der Waals surface area contributed by atoms with Gasteiger partial charge < -0.3 is 9.84 Å². The third-order valence-corrected chi connectivity index (χ3v) is 3.32. The molecule has 0 unspecified atom stereocenters. The Labute approximate surface area is 138 Å². The first-order valence-electron chi connectivity index (χ1n) is 7.33. The Morgan fingerprint density at radius 3 is 2.54 bits per heavy atom. The van der Waals surface area contributed by atoms with Crippen molar-refractivity contribution in [3.8, 4) is 17.6 Å². The highest BCUT2D eigenvalue weighted by Crippen LogP contribution is 2.22. The first-order chi connectivity index (χ1) is 11.4. The van der Waals surface area contributed by atoms with Gasteiger partial charge in [0.1, 0.15) is 5.75 Å². The maximum absolute atomic E-state index is 11.0. The molecule has 0 amide bonds. The van der Waals surface area contributed by atoms with E-state index in [0.29, 0.717) is 17.6 Å². The summed E-state index contributed by atoms with van der Waals surface area (Å²) >= 11 is 0. The molecule has 1 N–H and O–H groups in total. The summed E-state index contributed by atoms with van der Waals surface area (Å²) in [4.78, 5) is 19.8. The van der Waals surface area contributed by atoms with Crippen LogP contribution >= 0.6 is 0 Å². The second kappa shape index (κ2) is 6.11. The SMILES string of the molecule is Cc1cc(Oc2cccc(C(=O)O)c2)nc(-n2nc(C)cc2C)n1. The van der Waals surface area contributed by atoms with Gasteiger partial charge in [-0.15, -0.1) is 0 Å². The highest BCUT2D eigenvalue weighted by molar-refractivity contribution is 5.88. The van der Waals surface area contributed by atoms with Crippen LogP contribution in [0.2, 0.25) is 0 Å². The molecule has 7 nitrogen and oxygen atoms in total. The lowest BCUT2D eigenvalue weighted by molar-refractivity contribution is 0.0696. The highest BCUT2D eigenvalue weighted by Gasteiger charge is 2.11. The van der Waals surface area contributed by atoms with Gasteiger partial charge in [0.2, 0.25) is 5.88 Å². The molecule has 122 valence electrons. The molecular formula is C17H16N4O3. The van der Waals surface area contributed by atoms with Crippen LogP contribution in [0.4, 0.5) is 0 Å². The second-order valence-corrected chi connectivity index (χ2v) is 5.42. The Morgan fingerprint density at radius 1 is 1.08 bits per heavy atom. The number of hydrogen-bond acceptors (Lipinski definition) is 5. The summed E-state index contributed by atoms with van der Waals surface area (Å²) in [5.41, 5.74) is 2.65. The molecule has 0 spiro atoms. The van der Waals surface area contributed by atoms with Crippen LogP contribution in [0.1, 0.15) is 27.4 Å². The van der Waals surface area contributed by atoms with E-state index in [1.165, 1.54) is 12.1 Å². The maximum atomic E-state index is 11.0. The summed E-state index contributed by atoms with van der Waals surface area (Å²) in [6, 6.07) is 9.86. The van der Waals surface area contributed by atoms with E-state index in [1.807, 2.05) is 26.8 Å². The van der Waals surface area contributed by atoms with Gasteiger partial charge in [0.15, 0.2) is 0 Å². The van der Waals surface area contributed by atoms with E-state index in [1.54, 1.807) is 22.9 Å². The average molecular weight is 324 g/mol. The number of carboxylic acid groups (broad SMARTS) is 1. The van der Waals surface area contributed by atoms with Crippen molar-refractivity contribution in [3.05, 3.63) is 59.0 Å². The van der Waals surface area contributed by atoms with Crippen LogP contribution in [-0.2, 0) is 0 Å². The fraction of sp³-hybridized carbons (Fsp3) is 0.176. The Hall–Kier alpha value is -3.22. The van der Waals surface area contributed by atoms with Gasteiger partial charge in [0, 0.05) is 17.5 Å². The van der Waals surface area contributed by atoms with Crippen molar-refractivity contribution in [3.63, 3.8) is 0 Å². The fourth-order valence-corrected chi connectivity index (χ4v) is 2.32. The molecule has 7 heteroatoms. The molecule has 0 saturated heterocycles. The van der Waals surface area contributed by atoms with Crippen LogP contribution in [0.25, 0.3) is 5.95 Å². The molecule has 0 aliphatic heterocycles. The monoisotopic (exact) mass is 324 g/mol. The van der Waals surface area contributed by atoms with Gasteiger partial charge in [-0.3, -0.25) is 0 Å². The van der Waals surface area contributed by atoms with Crippen LogP contribution in [0.5, 0.6) is 11.6 Å². The predicted molar refractivity (Wildman–Crippen MR) is 86.8 cm³/mol. The van der Waals surface area contributed by atoms with Crippen molar-refractivity contribution in [1.29, 1.82) is 0 Å². The zero-order valence-electron chi connectivity index (χ0n) is 13.5. The number of benzene rings is 1. The van der Waals surface area contributed by atoms with Crippen molar-refractivity contribution < 1.29 is 14.6 Å². The molecule has 24 heavy (non-hydrogen) atoms. The summed E-state index contributed by atoms with van der Waals surface area (Å²) in [6.45, 7) is 5.65. The lowest BCUT2D eigenvalue weighted by atomic mass is 10.2. The zero-order valence-corrected chi connectivity index (χ0v) is 13.5. The number of aryl methyl sites for hydroxylation is 3. The molecule has 2 aromatic heterocycles. The van der Waals surface area contributed by atoms with Gasteiger partial charge >= 0.3 is 5.97 Å². The quantitative estimate of drug-likeness (QED) is 0.793. The molecule has 0 atom stereocenters. The molecule has 0 fully saturated rings. The molecular weight excluding hydrogens is 308 g/mol. The largest absolute Gasteiger partial charge is 0.478 e. The van der Waals surface area contributed by atoms with Crippen LogP contribution in [0.15, 0.2) is 36.4 Å². The summed E-state index contributed by atoms with van der Waals surface area (Å²) in [5.74, 6) is 0.118. The molecule has 3 aromatic rings. The normalized spacial score (nSPS) is 10.6. The standard InChI is InChI=1S/C17H16N4O3/c1-10-8-15(24-14-6-4-5-13(9-14)16(22)23)19-17(18-10)21-12(3)7-11(2)20-21/h4-9H,1-3H3,(H,22,23). The third-order valence-electron chi connectivity index (χ3n) is 3.32. The Bertz CT molecular complexity index is 918. The molecule has 0 saturated carbocycles. The maximum Gasteiger partial charge on any atom is 0.335 e. The van der Waals surface area contributed by atoms with Crippen molar-refractivity contribution in [2.45, 2.75) is 20.8 Å². The van der Waals surface area contributed by atoms with Gasteiger partial charge in [-0.2, -0.15) is 10.1 Å². The topological polar surface area (TPSA) is 90.1 Å². The van der Waals surface area contributed by atoms with Crippen molar-refractivity contribution in [1.82, 2.24) is 19.7 Å². The summed E-state index contributed by atoms with van der Waals surface area (Å²) in [6.07, 6.45) is 0. The van der Waals surface area contributed by atoms with Gasteiger partial charge in [-0.05, 0) is 45.0 Å². The van der Waals surface area contributed by atoms with Gasteiger partial charge in [0.05, 0.1) is 11.3 Å². The Balaban J connectivity index is 1.96. The molecule has 1 aromatic carbocycles. The third kappa shape index (κ3) is 3.24. The van der Waals surface area contributed by atoms with Crippen molar-refractivity contribution in [2.75, 3.05) is 0 Å². The van der Waals surface area contributed by atoms with E-state index >= 15 is 0 Å². The molecule has 0 aliphatic rings. The summed E-state index contributed by atoms with van der Waals surface area (Å²) < 4.78 is 7.35. The van der Waals surface area contributed by atoms with E-state index in [0.717, 1.165) is 17.1 Å². The fourth-order valence-electron chi connectivity index (χ4n) is 2.32. The number of nitrogens with zero attached hydrogens (tertiary/aromatic N) is 4. The van der Waals surface area contributed by atoms with Crippen LogP contribution in [-0.4, -0.2) is 30.8 Å². The zero-order chi connectivity index (χ0) is 17.3. The van der Waals surface area contributed by atoms with E-state index in [9.17, 15) is 4.79 Å². The van der Waals surface area contributed by atoms with Crippen LogP contribution in [0.3, 0.4) is 0 Å². The van der Waals surface area contributed by atoms with E-state index in [-0.39, 0.29) is 5.56 Å². The van der Waals surface area contributed by atoms with Crippen molar-refractivity contribution >= 4 is 5.97 Å². The average Bonchev–Trinajstić information content (AvgIpc) is 2.85. The number of carboxylic acids is 1. The molecule has 0 radical (unpaired) electrons. The van der Waals surface area contributed by atoms with Crippen molar-refractivity contribution in [2.24, 2.45) is 0 Å². The minimum Gasteiger partial charge on any atom is -0.478 e. The Morgan fingerprint density at radius 2 is 1.88 bits per heavy atom. The molecule has 0 bridgehead atoms. The van der Waals surface area contributed by atoms with Gasteiger partial charge in [-0.25, -0.2) is 14.5 Å². The Kier molecular flexibility index (Phi) is 3.99. The van der Waals surface area contributed by atoms with Gasteiger partial charge in [-0.1, -0.05) is 6.07 Å². The second-order valence-electron chi connectivity index (χ2n) is 5.42. The van der Waals surface area contributed by atoms with E-state index in [2.05, 4.69) is 15.1 Å². The number of ether oxygens (including phenoxy) is 1. The number of aromatic carboxylic acids is 1. The minimum absolute atomic E-state index is 0.150. The predicted octanol–water partition coefficient (Wildman–Crippen LogP) is 3.08.